The van der Waals surface area contributed by atoms with Crippen molar-refractivity contribution in [2.24, 2.45) is 5.92 Å². The van der Waals surface area contributed by atoms with Crippen LogP contribution in [0.1, 0.15) is 12.2 Å². The third-order valence-electron chi connectivity index (χ3n) is 3.16. The summed E-state index contributed by atoms with van der Waals surface area (Å²) in [5.41, 5.74) is 1.25. The number of hydrogen-bond donors (Lipinski definition) is 2. The molecule has 1 fully saturated rings. The third-order valence-corrected chi connectivity index (χ3v) is 3.16. The molecule has 0 radical (unpaired) electrons. The molecule has 1 unspecified atom stereocenters. The van der Waals surface area contributed by atoms with E-state index in [1.807, 2.05) is 6.07 Å². The van der Waals surface area contributed by atoms with Crippen molar-refractivity contribution in [2.45, 2.75) is 12.8 Å². The number of aromatic nitrogens is 2. The first-order valence-corrected chi connectivity index (χ1v) is 5.67. The molecule has 4 heteroatoms. The number of H-pyrrole nitrogens is 1. The number of nitrogens with one attached hydrogen (secondary N) is 2. The Kier molecular flexibility index (Phi) is 2.36. The third kappa shape index (κ3) is 1.69. The first kappa shape index (κ1) is 9.78. The van der Waals surface area contributed by atoms with Crippen LogP contribution in [0.2, 0.25) is 0 Å². The van der Waals surface area contributed by atoms with Crippen LogP contribution >= 0.6 is 0 Å². The molecule has 2 heterocycles. The largest absolute Gasteiger partial charge is 0.342 e. The normalized spacial score (nSPS) is 20.7. The number of hydrogen-bond acceptors (Lipinski definition) is 2. The van der Waals surface area contributed by atoms with Crippen LogP contribution in [0, 0.1) is 11.7 Å². The lowest BCUT2D eigenvalue weighted by Crippen LogP contribution is -2.11. The van der Waals surface area contributed by atoms with E-state index in [0.29, 0.717) is 11.4 Å². The van der Waals surface area contributed by atoms with Crippen LogP contribution in [0.3, 0.4) is 0 Å². The van der Waals surface area contributed by atoms with Crippen molar-refractivity contribution in [1.29, 1.82) is 0 Å². The molecule has 0 spiro atoms. The highest BCUT2D eigenvalue weighted by Crippen LogP contribution is 2.18. The molecular formula is C12H14FN3. The molecule has 0 saturated carbocycles. The van der Waals surface area contributed by atoms with Crippen LogP contribution in [-0.2, 0) is 6.42 Å². The van der Waals surface area contributed by atoms with Gasteiger partial charge in [0.25, 0.3) is 0 Å². The smallest absolute Gasteiger partial charge is 0.151 e. The van der Waals surface area contributed by atoms with Gasteiger partial charge in [0.2, 0.25) is 0 Å². The van der Waals surface area contributed by atoms with E-state index < -0.39 is 0 Å². The minimum Gasteiger partial charge on any atom is -0.342 e. The summed E-state index contributed by atoms with van der Waals surface area (Å²) in [5.74, 6) is 1.28. The van der Waals surface area contributed by atoms with Crippen molar-refractivity contribution in [2.75, 3.05) is 13.1 Å². The Morgan fingerprint density at radius 1 is 1.44 bits per heavy atom. The van der Waals surface area contributed by atoms with Crippen LogP contribution in [0.5, 0.6) is 0 Å². The topological polar surface area (TPSA) is 40.7 Å². The van der Waals surface area contributed by atoms with Gasteiger partial charge in [-0.1, -0.05) is 6.07 Å². The van der Waals surface area contributed by atoms with Gasteiger partial charge >= 0.3 is 0 Å². The standard InChI is InChI=1S/C12H14FN3/c13-9-2-1-3-10-12(9)16-11(15-10)6-8-4-5-14-7-8/h1-3,8,14H,4-7H2,(H,15,16). The molecule has 3 rings (SSSR count). The van der Waals surface area contributed by atoms with Crippen molar-refractivity contribution in [3.63, 3.8) is 0 Å². The van der Waals surface area contributed by atoms with Crippen LogP contribution in [0.25, 0.3) is 11.0 Å². The number of para-hydroxylation sites is 1. The molecule has 2 aromatic rings. The van der Waals surface area contributed by atoms with Gasteiger partial charge in [0.05, 0.1) is 5.52 Å². The average molecular weight is 219 g/mol. The summed E-state index contributed by atoms with van der Waals surface area (Å²) in [4.78, 5) is 7.50. The lowest BCUT2D eigenvalue weighted by Gasteiger charge is -2.03. The van der Waals surface area contributed by atoms with Crippen LogP contribution in [0.15, 0.2) is 18.2 Å². The number of nitrogens with zero attached hydrogens (tertiary/aromatic N) is 1. The summed E-state index contributed by atoms with van der Waals surface area (Å²) in [7, 11) is 0. The van der Waals surface area contributed by atoms with Crippen molar-refractivity contribution in [3.8, 4) is 0 Å². The second kappa shape index (κ2) is 3.87. The number of benzene rings is 1. The lowest BCUT2D eigenvalue weighted by atomic mass is 10.1. The van der Waals surface area contributed by atoms with Gasteiger partial charge in [0.15, 0.2) is 5.82 Å². The van der Waals surface area contributed by atoms with E-state index >= 15 is 0 Å². The molecule has 1 aromatic heterocycles. The molecule has 0 amide bonds. The average Bonchev–Trinajstić information content (AvgIpc) is 2.88. The zero-order valence-electron chi connectivity index (χ0n) is 8.96. The van der Waals surface area contributed by atoms with Crippen molar-refractivity contribution < 1.29 is 4.39 Å². The maximum absolute atomic E-state index is 13.4. The molecule has 1 saturated heterocycles. The second-order valence-electron chi connectivity index (χ2n) is 4.38. The fourth-order valence-corrected chi connectivity index (χ4v) is 2.31. The summed E-state index contributed by atoms with van der Waals surface area (Å²) in [6.07, 6.45) is 2.08. The first-order chi connectivity index (χ1) is 7.83. The van der Waals surface area contributed by atoms with Gasteiger partial charge in [0.1, 0.15) is 11.3 Å². The van der Waals surface area contributed by atoms with E-state index in [1.54, 1.807) is 6.07 Å². The molecule has 0 bridgehead atoms. The van der Waals surface area contributed by atoms with Gasteiger partial charge in [-0.15, -0.1) is 0 Å². The van der Waals surface area contributed by atoms with Crippen molar-refractivity contribution in [3.05, 3.63) is 29.8 Å². The Labute approximate surface area is 93.1 Å². The Balaban J connectivity index is 1.90. The summed E-state index contributed by atoms with van der Waals surface area (Å²) >= 11 is 0. The van der Waals surface area contributed by atoms with Gasteiger partial charge in [-0.3, -0.25) is 0 Å². The summed E-state index contributed by atoms with van der Waals surface area (Å²) in [6, 6.07) is 5.02. The highest BCUT2D eigenvalue weighted by molar-refractivity contribution is 5.75. The molecule has 3 nitrogen and oxygen atoms in total. The molecule has 2 N–H and O–H groups in total. The minimum absolute atomic E-state index is 0.246. The number of aromatic amines is 1. The molecule has 16 heavy (non-hydrogen) atoms. The first-order valence-electron chi connectivity index (χ1n) is 5.67. The van der Waals surface area contributed by atoms with Gasteiger partial charge in [-0.2, -0.15) is 0 Å². The molecule has 1 aromatic carbocycles. The second-order valence-corrected chi connectivity index (χ2v) is 4.38. The Bertz CT molecular complexity index is 500. The van der Waals surface area contributed by atoms with E-state index in [1.165, 1.54) is 12.5 Å². The molecule has 0 aliphatic carbocycles. The monoisotopic (exact) mass is 219 g/mol. The summed E-state index contributed by atoms with van der Waals surface area (Å²) in [5, 5.41) is 3.32. The van der Waals surface area contributed by atoms with Gasteiger partial charge in [-0.25, -0.2) is 9.37 Å². The van der Waals surface area contributed by atoms with Crippen molar-refractivity contribution in [1.82, 2.24) is 15.3 Å². The highest BCUT2D eigenvalue weighted by Gasteiger charge is 2.17. The minimum atomic E-state index is -0.246. The predicted molar refractivity (Wildman–Crippen MR) is 60.7 cm³/mol. The lowest BCUT2D eigenvalue weighted by molar-refractivity contribution is 0.565. The van der Waals surface area contributed by atoms with E-state index in [2.05, 4.69) is 15.3 Å². The van der Waals surface area contributed by atoms with E-state index in [0.717, 1.165) is 30.9 Å². The summed E-state index contributed by atoms with van der Waals surface area (Å²) < 4.78 is 13.4. The molecule has 1 aliphatic rings. The Morgan fingerprint density at radius 3 is 3.12 bits per heavy atom. The van der Waals surface area contributed by atoms with E-state index in [9.17, 15) is 4.39 Å². The SMILES string of the molecule is Fc1cccc2[nH]c(CC3CCNC3)nc12. The van der Waals surface area contributed by atoms with Gasteiger partial charge < -0.3 is 10.3 Å². The fraction of sp³-hybridized carbons (Fsp3) is 0.417. The molecule has 84 valence electrons. The molecule has 1 atom stereocenters. The molecule has 1 aliphatic heterocycles. The van der Waals surface area contributed by atoms with Crippen LogP contribution in [0.4, 0.5) is 4.39 Å². The number of fused-ring (bicyclic) bond motifs is 1. The summed E-state index contributed by atoms with van der Waals surface area (Å²) in [6.45, 7) is 2.12. The van der Waals surface area contributed by atoms with E-state index in [-0.39, 0.29) is 5.82 Å². The maximum Gasteiger partial charge on any atom is 0.151 e. The van der Waals surface area contributed by atoms with Crippen LogP contribution < -0.4 is 5.32 Å². The highest BCUT2D eigenvalue weighted by atomic mass is 19.1. The molecular weight excluding hydrogens is 205 g/mol. The van der Waals surface area contributed by atoms with Crippen molar-refractivity contribution >= 4 is 11.0 Å². The Morgan fingerprint density at radius 2 is 2.38 bits per heavy atom. The number of rotatable bonds is 2. The number of imidazole rings is 1. The predicted octanol–water partition coefficient (Wildman–Crippen LogP) is 1.85. The quantitative estimate of drug-likeness (QED) is 0.809. The Hall–Kier alpha value is -1.42. The van der Waals surface area contributed by atoms with E-state index in [4.69, 9.17) is 0 Å². The van der Waals surface area contributed by atoms with Crippen LogP contribution in [-0.4, -0.2) is 23.1 Å². The zero-order valence-corrected chi connectivity index (χ0v) is 8.96. The maximum atomic E-state index is 13.4. The van der Waals surface area contributed by atoms with Gasteiger partial charge in [-0.05, 0) is 37.6 Å². The number of halogens is 1. The zero-order chi connectivity index (χ0) is 11.0. The fourth-order valence-electron chi connectivity index (χ4n) is 2.31. The van der Waals surface area contributed by atoms with Gasteiger partial charge in [0, 0.05) is 6.42 Å².